The van der Waals surface area contributed by atoms with E-state index in [0.717, 1.165) is 0 Å². The fourth-order valence-corrected chi connectivity index (χ4v) is 3.42. The van der Waals surface area contributed by atoms with Gasteiger partial charge in [0.05, 0.1) is 16.7 Å². The maximum Gasteiger partial charge on any atom is 0.262 e. The smallest absolute Gasteiger partial charge is 0.262 e. The molecule has 0 aliphatic heterocycles. The normalized spacial score (nSPS) is 11.7. The molecule has 0 aliphatic carbocycles. The first-order valence-corrected chi connectivity index (χ1v) is 9.70. The highest BCUT2D eigenvalue weighted by molar-refractivity contribution is 7.99. The number of benzene rings is 1. The molecule has 0 bridgehead atoms. The molecule has 1 amide bonds. The van der Waals surface area contributed by atoms with Crippen LogP contribution >= 0.6 is 23.4 Å². The SMILES string of the molecule is COCCCn1c(SCC(=O)NC(C)(C)C)nc2cc(Cl)ccc2c1=O. The minimum Gasteiger partial charge on any atom is -0.385 e. The molecule has 0 saturated carbocycles. The summed E-state index contributed by atoms with van der Waals surface area (Å²) in [6.07, 6.45) is 0.679. The lowest BCUT2D eigenvalue weighted by molar-refractivity contribution is -0.119. The summed E-state index contributed by atoms with van der Waals surface area (Å²) in [5.74, 6) is 0.0754. The average molecular weight is 398 g/mol. The zero-order valence-electron chi connectivity index (χ0n) is 15.5. The molecule has 0 saturated heterocycles. The van der Waals surface area contributed by atoms with E-state index in [0.29, 0.717) is 40.7 Å². The van der Waals surface area contributed by atoms with Gasteiger partial charge in [0.15, 0.2) is 5.16 Å². The number of thioether (sulfide) groups is 1. The highest BCUT2D eigenvalue weighted by Gasteiger charge is 2.17. The number of rotatable bonds is 7. The molecule has 0 aliphatic rings. The monoisotopic (exact) mass is 397 g/mol. The van der Waals surface area contributed by atoms with Crippen molar-refractivity contribution < 1.29 is 9.53 Å². The second-order valence-electron chi connectivity index (χ2n) is 6.95. The summed E-state index contributed by atoms with van der Waals surface area (Å²) in [4.78, 5) is 29.5. The number of ether oxygens (including phenoxy) is 1. The maximum absolute atomic E-state index is 12.9. The maximum atomic E-state index is 12.9. The number of hydrogen-bond acceptors (Lipinski definition) is 5. The van der Waals surface area contributed by atoms with Crippen molar-refractivity contribution in [2.24, 2.45) is 0 Å². The topological polar surface area (TPSA) is 73.2 Å². The first kappa shape index (κ1) is 20.7. The second kappa shape index (κ2) is 8.88. The van der Waals surface area contributed by atoms with Crippen LogP contribution < -0.4 is 10.9 Å². The fourth-order valence-electron chi connectivity index (χ4n) is 2.43. The van der Waals surface area contributed by atoms with Gasteiger partial charge in [-0.05, 0) is 45.4 Å². The summed E-state index contributed by atoms with van der Waals surface area (Å²) in [6.45, 7) is 6.78. The van der Waals surface area contributed by atoms with Crippen LogP contribution in [0, 0.1) is 0 Å². The molecule has 8 heteroatoms. The third-order valence-corrected chi connectivity index (χ3v) is 4.67. The molecule has 2 rings (SSSR count). The number of methoxy groups -OCH3 is 1. The molecule has 0 spiro atoms. The van der Waals surface area contributed by atoms with E-state index in [-0.39, 0.29) is 22.8 Å². The van der Waals surface area contributed by atoms with Crippen LogP contribution in [0.1, 0.15) is 27.2 Å². The van der Waals surface area contributed by atoms with Gasteiger partial charge in [-0.1, -0.05) is 23.4 Å². The van der Waals surface area contributed by atoms with Gasteiger partial charge in [-0.2, -0.15) is 0 Å². The van der Waals surface area contributed by atoms with Crippen LogP contribution in [0.15, 0.2) is 28.2 Å². The molecule has 1 N–H and O–H groups in total. The fraction of sp³-hybridized carbons (Fsp3) is 0.500. The summed E-state index contributed by atoms with van der Waals surface area (Å²) in [5, 5.41) is 4.44. The number of aromatic nitrogens is 2. The summed E-state index contributed by atoms with van der Waals surface area (Å²) < 4.78 is 6.68. The predicted octanol–water partition coefficient (Wildman–Crippen LogP) is 3.09. The molecular formula is C18H24ClN3O3S. The van der Waals surface area contributed by atoms with E-state index in [1.807, 2.05) is 20.8 Å². The van der Waals surface area contributed by atoms with E-state index in [1.54, 1.807) is 29.9 Å². The van der Waals surface area contributed by atoms with E-state index in [9.17, 15) is 9.59 Å². The number of carbonyl (C=O) groups excluding carboxylic acids is 1. The van der Waals surface area contributed by atoms with E-state index in [2.05, 4.69) is 10.3 Å². The highest BCUT2D eigenvalue weighted by Crippen LogP contribution is 2.21. The second-order valence-corrected chi connectivity index (χ2v) is 8.32. The predicted molar refractivity (Wildman–Crippen MR) is 106 cm³/mol. The molecule has 0 unspecified atom stereocenters. The minimum atomic E-state index is -0.305. The van der Waals surface area contributed by atoms with Crippen LogP contribution in [-0.2, 0) is 16.1 Å². The zero-order valence-corrected chi connectivity index (χ0v) is 17.0. The van der Waals surface area contributed by atoms with Crippen molar-refractivity contribution in [2.45, 2.75) is 44.4 Å². The van der Waals surface area contributed by atoms with E-state index >= 15 is 0 Å². The average Bonchev–Trinajstić information content (AvgIpc) is 2.53. The molecule has 0 fully saturated rings. The van der Waals surface area contributed by atoms with Gasteiger partial charge >= 0.3 is 0 Å². The molecule has 6 nitrogen and oxygen atoms in total. The number of fused-ring (bicyclic) bond motifs is 1. The third kappa shape index (κ3) is 5.72. The number of hydrogen-bond donors (Lipinski definition) is 1. The summed E-state index contributed by atoms with van der Waals surface area (Å²) in [5.41, 5.74) is 0.0887. The molecular weight excluding hydrogens is 374 g/mol. The van der Waals surface area contributed by atoms with Gasteiger partial charge in [0.2, 0.25) is 5.91 Å². The Balaban J connectivity index is 2.33. The van der Waals surface area contributed by atoms with Gasteiger partial charge < -0.3 is 10.1 Å². The largest absolute Gasteiger partial charge is 0.385 e. The van der Waals surface area contributed by atoms with Crippen LogP contribution in [-0.4, -0.2) is 40.5 Å². The Morgan fingerprint density at radius 3 is 2.77 bits per heavy atom. The first-order valence-electron chi connectivity index (χ1n) is 8.34. The summed E-state index contributed by atoms with van der Waals surface area (Å²) in [6, 6.07) is 5.02. The number of nitrogens with zero attached hydrogens (tertiary/aromatic N) is 2. The van der Waals surface area contributed by atoms with Crippen molar-refractivity contribution in [3.63, 3.8) is 0 Å². The standard InChI is InChI=1S/C18H24ClN3O3S/c1-18(2,3)21-15(23)11-26-17-20-14-10-12(19)6-7-13(14)16(24)22(17)8-5-9-25-4/h6-7,10H,5,8-9,11H2,1-4H3,(H,21,23). The summed E-state index contributed by atoms with van der Waals surface area (Å²) >= 11 is 7.27. The van der Waals surface area contributed by atoms with Gasteiger partial charge in [0.1, 0.15) is 0 Å². The van der Waals surface area contributed by atoms with Gasteiger partial charge in [0, 0.05) is 30.8 Å². The van der Waals surface area contributed by atoms with Crippen LogP contribution in [0.5, 0.6) is 0 Å². The van der Waals surface area contributed by atoms with Crippen molar-refractivity contribution in [1.29, 1.82) is 0 Å². The van der Waals surface area contributed by atoms with Crippen LogP contribution in [0.3, 0.4) is 0 Å². The van der Waals surface area contributed by atoms with Crippen LogP contribution in [0.2, 0.25) is 5.02 Å². The highest BCUT2D eigenvalue weighted by atomic mass is 35.5. The Hall–Kier alpha value is -1.57. The number of nitrogens with one attached hydrogen (secondary N) is 1. The molecule has 1 aromatic carbocycles. The van der Waals surface area contributed by atoms with Gasteiger partial charge in [-0.3, -0.25) is 14.2 Å². The molecule has 0 radical (unpaired) electrons. The number of carbonyl (C=O) groups is 1. The first-order chi connectivity index (χ1) is 12.2. The molecule has 142 valence electrons. The Morgan fingerprint density at radius 2 is 2.12 bits per heavy atom. The Kier molecular flexibility index (Phi) is 7.08. The van der Waals surface area contributed by atoms with Crippen molar-refractivity contribution >= 4 is 40.2 Å². The van der Waals surface area contributed by atoms with Crippen molar-refractivity contribution in [1.82, 2.24) is 14.9 Å². The molecule has 2 aromatic rings. The number of halogens is 1. The minimum absolute atomic E-state index is 0.105. The third-order valence-electron chi connectivity index (χ3n) is 3.46. The molecule has 0 atom stereocenters. The molecule has 26 heavy (non-hydrogen) atoms. The lowest BCUT2D eigenvalue weighted by atomic mass is 10.1. The molecule has 1 aromatic heterocycles. The molecule has 1 heterocycles. The zero-order chi connectivity index (χ0) is 19.3. The number of amides is 1. The summed E-state index contributed by atoms with van der Waals surface area (Å²) in [7, 11) is 1.62. The van der Waals surface area contributed by atoms with Gasteiger partial charge in [-0.25, -0.2) is 4.98 Å². The Morgan fingerprint density at radius 1 is 1.38 bits per heavy atom. The Labute approximate surface area is 162 Å². The van der Waals surface area contributed by atoms with Crippen molar-refractivity contribution in [2.75, 3.05) is 19.5 Å². The van der Waals surface area contributed by atoms with Crippen molar-refractivity contribution in [3.05, 3.63) is 33.6 Å². The quantitative estimate of drug-likeness (QED) is 0.441. The van der Waals surface area contributed by atoms with Crippen LogP contribution in [0.4, 0.5) is 0 Å². The lowest BCUT2D eigenvalue weighted by Crippen LogP contribution is -2.41. The van der Waals surface area contributed by atoms with Crippen LogP contribution in [0.25, 0.3) is 10.9 Å². The van der Waals surface area contributed by atoms with E-state index in [4.69, 9.17) is 16.3 Å². The van der Waals surface area contributed by atoms with Crippen molar-refractivity contribution in [3.8, 4) is 0 Å². The lowest BCUT2D eigenvalue weighted by Gasteiger charge is -2.20. The van der Waals surface area contributed by atoms with Gasteiger partial charge in [0.25, 0.3) is 5.56 Å². The van der Waals surface area contributed by atoms with E-state index in [1.165, 1.54) is 11.8 Å². The van der Waals surface area contributed by atoms with Gasteiger partial charge in [-0.15, -0.1) is 0 Å². The Bertz CT molecular complexity index is 846. The van der Waals surface area contributed by atoms with E-state index < -0.39 is 0 Å².